The van der Waals surface area contributed by atoms with Crippen LogP contribution in [0.15, 0.2) is 30.3 Å². The largest absolute Gasteiger partial charge is 0.347 e. The van der Waals surface area contributed by atoms with E-state index in [1.807, 2.05) is 38.1 Å². The van der Waals surface area contributed by atoms with E-state index in [0.717, 1.165) is 10.4 Å². The van der Waals surface area contributed by atoms with Gasteiger partial charge >= 0.3 is 0 Å². The Bertz CT molecular complexity index is 592. The molecular formula is C14H17N3OS. The van der Waals surface area contributed by atoms with E-state index in [1.54, 1.807) is 17.4 Å². The number of carbonyl (C=O) groups is 1. The van der Waals surface area contributed by atoms with Crippen LogP contribution in [0.1, 0.15) is 25.7 Å². The smallest absolute Gasteiger partial charge is 0.253 e. The average Bonchev–Trinajstić information content (AvgIpc) is 2.81. The molecule has 0 unspecified atom stereocenters. The van der Waals surface area contributed by atoms with Crippen LogP contribution < -0.4 is 16.6 Å². The quantitative estimate of drug-likeness (QED) is 0.593. The van der Waals surface area contributed by atoms with Gasteiger partial charge in [0.15, 0.2) is 0 Å². The first kappa shape index (κ1) is 13.6. The molecule has 0 fully saturated rings. The molecule has 2 rings (SSSR count). The molecule has 0 spiro atoms. The minimum atomic E-state index is -0.122. The molecule has 0 aliphatic rings. The lowest BCUT2D eigenvalue weighted by Gasteiger charge is -2.10. The molecule has 19 heavy (non-hydrogen) atoms. The zero-order valence-electron chi connectivity index (χ0n) is 11.0. The number of nitrogens with two attached hydrogens (primary N) is 1. The van der Waals surface area contributed by atoms with E-state index in [1.165, 1.54) is 4.88 Å². The molecule has 1 heterocycles. The van der Waals surface area contributed by atoms with Gasteiger partial charge in [-0.2, -0.15) is 0 Å². The number of nitrogens with one attached hydrogen (secondary N) is 2. The molecule has 2 aromatic rings. The Morgan fingerprint density at radius 1 is 1.26 bits per heavy atom. The summed E-state index contributed by atoms with van der Waals surface area (Å²) in [6.45, 7) is 4.53. The topological polar surface area (TPSA) is 67.1 Å². The fourth-order valence-electron chi connectivity index (χ4n) is 1.81. The standard InChI is InChI=1S/C14H17N3OS/c1-9-3-6-13(17-15)12(7-9)14(18)16-8-11-5-4-10(2)19-11/h3-7,17H,8,15H2,1-2H3,(H,16,18). The van der Waals surface area contributed by atoms with Crippen LogP contribution >= 0.6 is 11.3 Å². The van der Waals surface area contributed by atoms with Crippen molar-refractivity contribution in [1.29, 1.82) is 0 Å². The van der Waals surface area contributed by atoms with E-state index in [0.29, 0.717) is 17.8 Å². The number of thiophene rings is 1. The summed E-state index contributed by atoms with van der Waals surface area (Å²) in [6, 6.07) is 9.61. The van der Waals surface area contributed by atoms with Crippen molar-refractivity contribution < 1.29 is 4.79 Å². The summed E-state index contributed by atoms with van der Waals surface area (Å²) in [5.41, 5.74) is 4.77. The lowest BCUT2D eigenvalue weighted by Crippen LogP contribution is -2.24. The summed E-state index contributed by atoms with van der Waals surface area (Å²) in [6.07, 6.45) is 0. The Balaban J connectivity index is 2.09. The molecule has 0 saturated heterocycles. The van der Waals surface area contributed by atoms with Gasteiger partial charge in [-0.05, 0) is 38.1 Å². The number of hydrogen-bond donors (Lipinski definition) is 3. The number of aryl methyl sites for hydroxylation is 2. The summed E-state index contributed by atoms with van der Waals surface area (Å²) in [4.78, 5) is 14.5. The number of amides is 1. The molecule has 4 N–H and O–H groups in total. The van der Waals surface area contributed by atoms with Gasteiger partial charge in [0.25, 0.3) is 5.91 Å². The molecular weight excluding hydrogens is 258 g/mol. The van der Waals surface area contributed by atoms with Crippen LogP contribution in [-0.4, -0.2) is 5.91 Å². The Hall–Kier alpha value is -1.85. The molecule has 0 radical (unpaired) electrons. The van der Waals surface area contributed by atoms with Crippen molar-refractivity contribution in [2.75, 3.05) is 5.43 Å². The van der Waals surface area contributed by atoms with Crippen molar-refractivity contribution in [2.24, 2.45) is 5.84 Å². The van der Waals surface area contributed by atoms with Crippen molar-refractivity contribution in [3.05, 3.63) is 51.2 Å². The molecule has 1 aromatic heterocycles. The number of anilines is 1. The molecule has 5 heteroatoms. The fourth-order valence-corrected chi connectivity index (χ4v) is 2.64. The van der Waals surface area contributed by atoms with E-state index in [2.05, 4.69) is 10.7 Å². The highest BCUT2D eigenvalue weighted by Crippen LogP contribution is 2.18. The molecule has 1 amide bonds. The fraction of sp³-hybridized carbons (Fsp3) is 0.214. The second-order valence-corrected chi connectivity index (χ2v) is 5.76. The third-order valence-electron chi connectivity index (χ3n) is 2.79. The lowest BCUT2D eigenvalue weighted by molar-refractivity contribution is 0.0952. The minimum absolute atomic E-state index is 0.122. The first-order valence-electron chi connectivity index (χ1n) is 6.01. The molecule has 0 bridgehead atoms. The number of hydrazine groups is 1. The highest BCUT2D eigenvalue weighted by atomic mass is 32.1. The number of nitrogen functional groups attached to an aromatic ring is 1. The van der Waals surface area contributed by atoms with Crippen molar-refractivity contribution in [1.82, 2.24) is 5.32 Å². The molecule has 0 saturated carbocycles. The van der Waals surface area contributed by atoms with Gasteiger partial charge in [-0.25, -0.2) is 0 Å². The van der Waals surface area contributed by atoms with Crippen molar-refractivity contribution in [2.45, 2.75) is 20.4 Å². The van der Waals surface area contributed by atoms with Gasteiger partial charge in [0, 0.05) is 9.75 Å². The van der Waals surface area contributed by atoms with E-state index < -0.39 is 0 Å². The van der Waals surface area contributed by atoms with Crippen LogP contribution in [0.3, 0.4) is 0 Å². The zero-order valence-corrected chi connectivity index (χ0v) is 11.8. The summed E-state index contributed by atoms with van der Waals surface area (Å²) >= 11 is 1.68. The van der Waals surface area contributed by atoms with Crippen molar-refractivity contribution >= 4 is 22.9 Å². The number of carbonyl (C=O) groups excluding carboxylic acids is 1. The average molecular weight is 275 g/mol. The third-order valence-corrected chi connectivity index (χ3v) is 3.80. The normalized spacial score (nSPS) is 10.3. The summed E-state index contributed by atoms with van der Waals surface area (Å²) in [7, 11) is 0. The van der Waals surface area contributed by atoms with Gasteiger partial charge in [0.1, 0.15) is 0 Å². The van der Waals surface area contributed by atoms with E-state index in [4.69, 9.17) is 5.84 Å². The maximum absolute atomic E-state index is 12.2. The SMILES string of the molecule is Cc1ccc(NN)c(C(=O)NCc2ccc(C)s2)c1. The Labute approximate surface area is 116 Å². The summed E-state index contributed by atoms with van der Waals surface area (Å²) in [5, 5.41) is 2.91. The predicted octanol–water partition coefficient (Wildman–Crippen LogP) is 2.58. The van der Waals surface area contributed by atoms with E-state index in [9.17, 15) is 4.79 Å². The third kappa shape index (κ3) is 3.33. The van der Waals surface area contributed by atoms with Gasteiger partial charge in [-0.1, -0.05) is 11.6 Å². The van der Waals surface area contributed by atoms with Crippen LogP contribution in [0.4, 0.5) is 5.69 Å². The van der Waals surface area contributed by atoms with Crippen LogP contribution in [0.25, 0.3) is 0 Å². The maximum Gasteiger partial charge on any atom is 0.253 e. The lowest BCUT2D eigenvalue weighted by atomic mass is 10.1. The molecule has 0 aliphatic carbocycles. The van der Waals surface area contributed by atoms with Gasteiger partial charge in [-0.3, -0.25) is 10.6 Å². The Kier molecular flexibility index (Phi) is 4.19. The van der Waals surface area contributed by atoms with Gasteiger partial charge < -0.3 is 10.7 Å². The molecule has 0 atom stereocenters. The number of rotatable bonds is 4. The highest BCUT2D eigenvalue weighted by molar-refractivity contribution is 7.11. The number of hydrogen-bond acceptors (Lipinski definition) is 4. The second-order valence-electron chi connectivity index (χ2n) is 4.39. The zero-order chi connectivity index (χ0) is 13.8. The first-order chi connectivity index (χ1) is 9.10. The van der Waals surface area contributed by atoms with Gasteiger partial charge in [-0.15, -0.1) is 11.3 Å². The van der Waals surface area contributed by atoms with Crippen LogP contribution in [0, 0.1) is 13.8 Å². The molecule has 0 aliphatic heterocycles. The van der Waals surface area contributed by atoms with E-state index in [-0.39, 0.29) is 5.91 Å². The highest BCUT2D eigenvalue weighted by Gasteiger charge is 2.11. The molecule has 4 nitrogen and oxygen atoms in total. The summed E-state index contributed by atoms with van der Waals surface area (Å²) in [5.74, 6) is 5.30. The Morgan fingerprint density at radius 2 is 2.05 bits per heavy atom. The molecule has 100 valence electrons. The second kappa shape index (κ2) is 5.86. The van der Waals surface area contributed by atoms with E-state index >= 15 is 0 Å². The van der Waals surface area contributed by atoms with Crippen LogP contribution in [-0.2, 0) is 6.54 Å². The number of benzene rings is 1. The molecule has 1 aromatic carbocycles. The van der Waals surface area contributed by atoms with Crippen molar-refractivity contribution in [3.63, 3.8) is 0 Å². The predicted molar refractivity (Wildman–Crippen MR) is 79.2 cm³/mol. The van der Waals surface area contributed by atoms with Gasteiger partial charge in [0.05, 0.1) is 17.8 Å². The van der Waals surface area contributed by atoms with Gasteiger partial charge in [0.2, 0.25) is 0 Å². The Morgan fingerprint density at radius 3 is 2.68 bits per heavy atom. The maximum atomic E-state index is 12.2. The first-order valence-corrected chi connectivity index (χ1v) is 6.82. The summed E-state index contributed by atoms with van der Waals surface area (Å²) < 4.78 is 0. The van der Waals surface area contributed by atoms with Crippen LogP contribution in [0.2, 0.25) is 0 Å². The van der Waals surface area contributed by atoms with Crippen LogP contribution in [0.5, 0.6) is 0 Å². The minimum Gasteiger partial charge on any atom is -0.347 e. The van der Waals surface area contributed by atoms with Crippen molar-refractivity contribution in [3.8, 4) is 0 Å². The monoisotopic (exact) mass is 275 g/mol.